The fourth-order valence-corrected chi connectivity index (χ4v) is 4.23. The number of halogens is 1. The summed E-state index contributed by atoms with van der Waals surface area (Å²) in [7, 11) is 1.80. The molecule has 0 bridgehead atoms. The van der Waals surface area contributed by atoms with E-state index in [1.165, 1.54) is 19.3 Å². The van der Waals surface area contributed by atoms with E-state index in [2.05, 4.69) is 34.4 Å². The van der Waals surface area contributed by atoms with Crippen LogP contribution in [0.15, 0.2) is 4.99 Å². The number of carbonyl (C=O) groups excluding carboxylic acids is 1. The fraction of sp³-hybridized carbons (Fsp3) is 0.905. The fourth-order valence-electron chi connectivity index (χ4n) is 4.23. The van der Waals surface area contributed by atoms with Crippen LogP contribution in [0.25, 0.3) is 0 Å². The van der Waals surface area contributed by atoms with E-state index in [4.69, 9.17) is 4.74 Å². The Morgan fingerprint density at radius 3 is 2.54 bits per heavy atom. The quantitative estimate of drug-likeness (QED) is 0.300. The molecule has 0 aromatic carbocycles. The van der Waals surface area contributed by atoms with Crippen LogP contribution in [0.1, 0.15) is 65.7 Å². The van der Waals surface area contributed by atoms with E-state index in [0.717, 1.165) is 57.9 Å². The minimum Gasteiger partial charge on any atom is -0.378 e. The molecule has 1 heterocycles. The van der Waals surface area contributed by atoms with Gasteiger partial charge in [0.1, 0.15) is 0 Å². The van der Waals surface area contributed by atoms with Gasteiger partial charge < -0.3 is 20.3 Å². The zero-order chi connectivity index (χ0) is 19.6. The maximum Gasteiger partial charge on any atom is 0.225 e. The summed E-state index contributed by atoms with van der Waals surface area (Å²) in [6, 6.07) is 0.288. The summed E-state index contributed by atoms with van der Waals surface area (Å²) >= 11 is 0. The lowest BCUT2D eigenvalue weighted by molar-refractivity contribution is -0.135. The van der Waals surface area contributed by atoms with E-state index >= 15 is 0 Å². The Bertz CT molecular complexity index is 481. The first-order valence-electron chi connectivity index (χ1n) is 10.9. The molecule has 0 radical (unpaired) electrons. The van der Waals surface area contributed by atoms with Gasteiger partial charge in [-0.05, 0) is 38.5 Å². The summed E-state index contributed by atoms with van der Waals surface area (Å²) in [5.74, 6) is 1.97. The Kier molecular flexibility index (Phi) is 12.4. The maximum atomic E-state index is 12.7. The van der Waals surface area contributed by atoms with Gasteiger partial charge in [-0.3, -0.25) is 9.79 Å². The number of likely N-dealkylation sites (tertiary alicyclic amines) is 1. The van der Waals surface area contributed by atoms with Gasteiger partial charge in [0.25, 0.3) is 0 Å². The molecule has 0 aromatic heterocycles. The van der Waals surface area contributed by atoms with Crippen LogP contribution < -0.4 is 10.6 Å². The molecule has 2 aliphatic rings. The van der Waals surface area contributed by atoms with Gasteiger partial charge in [0, 0.05) is 45.2 Å². The van der Waals surface area contributed by atoms with Crippen LogP contribution in [0, 0.1) is 11.8 Å². The van der Waals surface area contributed by atoms with E-state index < -0.39 is 0 Å². The monoisotopic (exact) mass is 508 g/mol. The Hall–Kier alpha value is -0.570. The lowest BCUT2D eigenvalue weighted by Gasteiger charge is -2.26. The largest absolute Gasteiger partial charge is 0.378 e. The molecule has 0 aromatic rings. The lowest BCUT2D eigenvalue weighted by Crippen LogP contribution is -2.46. The third kappa shape index (κ3) is 8.05. The standard InChI is InChI=1S/C21H40N4O2.HI/c1-5-27-19(16(2)3)11-13-23-21(22-4)24-18-12-14-25(15-18)20(26)17-9-7-6-8-10-17;/h16-19H,5-15H2,1-4H3,(H2,22,23,24);1H. The van der Waals surface area contributed by atoms with E-state index in [-0.39, 0.29) is 42.0 Å². The van der Waals surface area contributed by atoms with E-state index in [1.54, 1.807) is 7.05 Å². The van der Waals surface area contributed by atoms with E-state index in [9.17, 15) is 4.79 Å². The van der Waals surface area contributed by atoms with Crippen LogP contribution in [0.5, 0.6) is 0 Å². The topological polar surface area (TPSA) is 66.0 Å². The van der Waals surface area contributed by atoms with Crippen LogP contribution in [0.2, 0.25) is 0 Å². The van der Waals surface area contributed by atoms with E-state index in [1.807, 2.05) is 6.92 Å². The maximum absolute atomic E-state index is 12.7. The second-order valence-electron chi connectivity index (χ2n) is 8.27. The Morgan fingerprint density at radius 1 is 1.21 bits per heavy atom. The smallest absolute Gasteiger partial charge is 0.225 e. The summed E-state index contributed by atoms with van der Waals surface area (Å²) in [6.45, 7) is 9.69. The molecular weight excluding hydrogens is 467 g/mol. The molecule has 1 aliphatic heterocycles. The van der Waals surface area contributed by atoms with Crippen molar-refractivity contribution in [3.63, 3.8) is 0 Å². The number of nitrogens with one attached hydrogen (secondary N) is 2. The molecule has 28 heavy (non-hydrogen) atoms. The highest BCUT2D eigenvalue weighted by Gasteiger charge is 2.31. The van der Waals surface area contributed by atoms with Crippen LogP contribution in [0.4, 0.5) is 0 Å². The van der Waals surface area contributed by atoms with Gasteiger partial charge in [0.05, 0.1) is 6.10 Å². The van der Waals surface area contributed by atoms with Gasteiger partial charge >= 0.3 is 0 Å². The molecule has 6 nitrogen and oxygen atoms in total. The molecule has 2 atom stereocenters. The van der Waals surface area contributed by atoms with E-state index in [0.29, 0.717) is 11.8 Å². The number of amides is 1. The summed E-state index contributed by atoms with van der Waals surface area (Å²) in [4.78, 5) is 19.1. The second kappa shape index (κ2) is 13.6. The van der Waals surface area contributed by atoms with Crippen molar-refractivity contribution in [2.24, 2.45) is 16.8 Å². The molecule has 2 N–H and O–H groups in total. The summed E-state index contributed by atoms with van der Waals surface area (Å²) < 4.78 is 5.81. The van der Waals surface area contributed by atoms with Gasteiger partial charge in [-0.15, -0.1) is 24.0 Å². The predicted octanol–water partition coefficient (Wildman–Crippen LogP) is 3.40. The molecule has 0 spiro atoms. The number of guanidine groups is 1. The Labute approximate surface area is 188 Å². The zero-order valence-corrected chi connectivity index (χ0v) is 20.5. The number of ether oxygens (including phenoxy) is 1. The third-order valence-corrected chi connectivity index (χ3v) is 5.86. The molecule has 7 heteroatoms. The molecular formula is C21H41IN4O2. The van der Waals surface area contributed by atoms with Gasteiger partial charge in [0.15, 0.2) is 5.96 Å². The van der Waals surface area contributed by atoms with Crippen molar-refractivity contribution in [3.8, 4) is 0 Å². The van der Waals surface area contributed by atoms with Gasteiger partial charge in [0.2, 0.25) is 5.91 Å². The molecule has 2 fully saturated rings. The molecule has 1 saturated heterocycles. The number of hydrogen-bond acceptors (Lipinski definition) is 3. The Morgan fingerprint density at radius 2 is 1.93 bits per heavy atom. The first-order chi connectivity index (χ1) is 13.0. The number of nitrogens with zero attached hydrogens (tertiary/aromatic N) is 2. The molecule has 164 valence electrons. The molecule has 1 aliphatic carbocycles. The number of hydrogen-bond donors (Lipinski definition) is 2. The average Bonchev–Trinajstić information content (AvgIpc) is 3.14. The third-order valence-electron chi connectivity index (χ3n) is 5.86. The lowest BCUT2D eigenvalue weighted by atomic mass is 9.88. The van der Waals surface area contributed by atoms with Crippen molar-refractivity contribution < 1.29 is 9.53 Å². The Balaban J connectivity index is 0.00000392. The number of rotatable bonds is 8. The molecule has 2 unspecified atom stereocenters. The summed E-state index contributed by atoms with van der Waals surface area (Å²) in [5, 5.41) is 6.90. The first kappa shape index (κ1) is 25.5. The predicted molar refractivity (Wildman–Crippen MR) is 126 cm³/mol. The normalized spacial score (nSPS) is 22.1. The number of carbonyl (C=O) groups is 1. The van der Waals surface area contributed by atoms with Crippen molar-refractivity contribution in [3.05, 3.63) is 0 Å². The van der Waals surface area contributed by atoms with Crippen molar-refractivity contribution in [1.82, 2.24) is 15.5 Å². The van der Waals surface area contributed by atoms with Crippen molar-refractivity contribution >= 4 is 35.8 Å². The van der Waals surface area contributed by atoms with Crippen LogP contribution >= 0.6 is 24.0 Å². The SMILES string of the molecule is CCOC(CCNC(=NC)NC1CCN(C(=O)C2CCCCC2)C1)C(C)C.I. The average molecular weight is 508 g/mol. The van der Waals surface area contributed by atoms with Crippen molar-refractivity contribution in [1.29, 1.82) is 0 Å². The van der Waals surface area contributed by atoms with Crippen LogP contribution in [-0.2, 0) is 9.53 Å². The van der Waals surface area contributed by atoms with Gasteiger partial charge in [-0.25, -0.2) is 0 Å². The molecule has 1 amide bonds. The highest BCUT2D eigenvalue weighted by atomic mass is 127. The van der Waals surface area contributed by atoms with Crippen molar-refractivity contribution in [2.75, 3.05) is 33.3 Å². The molecule has 2 rings (SSSR count). The second-order valence-corrected chi connectivity index (χ2v) is 8.27. The van der Waals surface area contributed by atoms with Crippen molar-refractivity contribution in [2.45, 2.75) is 77.9 Å². The highest BCUT2D eigenvalue weighted by molar-refractivity contribution is 14.0. The minimum absolute atomic E-state index is 0. The van der Waals surface area contributed by atoms with Gasteiger partial charge in [-0.1, -0.05) is 33.1 Å². The summed E-state index contributed by atoms with van der Waals surface area (Å²) in [6.07, 6.45) is 8.09. The zero-order valence-electron chi connectivity index (χ0n) is 18.2. The van der Waals surface area contributed by atoms with Crippen LogP contribution in [0.3, 0.4) is 0 Å². The first-order valence-corrected chi connectivity index (χ1v) is 10.9. The van der Waals surface area contributed by atoms with Crippen LogP contribution in [-0.4, -0.2) is 62.2 Å². The minimum atomic E-state index is 0. The highest BCUT2D eigenvalue weighted by Crippen LogP contribution is 2.26. The molecule has 1 saturated carbocycles. The van der Waals surface area contributed by atoms with Gasteiger partial charge in [-0.2, -0.15) is 0 Å². The number of aliphatic imine (C=N–C) groups is 1. The summed E-state index contributed by atoms with van der Waals surface area (Å²) in [5.41, 5.74) is 0.